The zero-order valence-corrected chi connectivity index (χ0v) is 15.1. The molecule has 0 bridgehead atoms. The van der Waals surface area contributed by atoms with Gasteiger partial charge in [-0.05, 0) is 50.9 Å². The molecule has 0 aliphatic carbocycles. The van der Waals surface area contributed by atoms with Crippen LogP contribution in [0.2, 0.25) is 0 Å². The first-order chi connectivity index (χ1) is 11.6. The van der Waals surface area contributed by atoms with E-state index in [4.69, 9.17) is 0 Å². The highest BCUT2D eigenvalue weighted by Gasteiger charge is 2.26. The number of carbonyl (C=O) groups is 1. The van der Waals surface area contributed by atoms with Crippen LogP contribution in [0.5, 0.6) is 0 Å². The minimum Gasteiger partial charge on any atom is -0.355 e. The summed E-state index contributed by atoms with van der Waals surface area (Å²) in [4.78, 5) is 23.2. The van der Waals surface area contributed by atoms with Crippen LogP contribution in [0.4, 0.5) is 5.82 Å². The SMILES string of the molecule is CN(C)C(=O)c1ccc(N2CCCC(N3CCCCCC3)C2)nc1. The van der Waals surface area contributed by atoms with Crippen LogP contribution in [-0.4, -0.2) is 67.0 Å². The number of likely N-dealkylation sites (tertiary alicyclic amines) is 1. The quantitative estimate of drug-likeness (QED) is 0.854. The van der Waals surface area contributed by atoms with E-state index in [1.165, 1.54) is 51.6 Å². The highest BCUT2D eigenvalue weighted by atomic mass is 16.2. The molecule has 0 N–H and O–H groups in total. The van der Waals surface area contributed by atoms with Crippen LogP contribution in [0.3, 0.4) is 0 Å². The zero-order chi connectivity index (χ0) is 16.9. The Bertz CT molecular complexity index is 535. The molecule has 0 aromatic carbocycles. The largest absolute Gasteiger partial charge is 0.355 e. The molecule has 2 saturated heterocycles. The number of carbonyl (C=O) groups excluding carboxylic acids is 1. The molecule has 5 nitrogen and oxygen atoms in total. The molecule has 2 aliphatic heterocycles. The molecule has 3 heterocycles. The van der Waals surface area contributed by atoms with Crippen LogP contribution in [0.25, 0.3) is 0 Å². The normalized spacial score (nSPS) is 22.9. The molecule has 2 fully saturated rings. The molecular formula is C19H30N4O. The summed E-state index contributed by atoms with van der Waals surface area (Å²) in [6.45, 7) is 4.64. The minimum absolute atomic E-state index is 0.00939. The Morgan fingerprint density at radius 1 is 1.08 bits per heavy atom. The Morgan fingerprint density at radius 2 is 1.83 bits per heavy atom. The number of hydrogen-bond donors (Lipinski definition) is 0. The van der Waals surface area contributed by atoms with Gasteiger partial charge in [0.2, 0.25) is 0 Å². The Morgan fingerprint density at radius 3 is 2.46 bits per heavy atom. The molecule has 1 unspecified atom stereocenters. The van der Waals surface area contributed by atoms with Gasteiger partial charge in [0.15, 0.2) is 0 Å². The summed E-state index contributed by atoms with van der Waals surface area (Å²) in [5, 5.41) is 0. The molecule has 132 valence electrons. The topological polar surface area (TPSA) is 39.7 Å². The molecular weight excluding hydrogens is 300 g/mol. The van der Waals surface area contributed by atoms with E-state index in [0.29, 0.717) is 11.6 Å². The number of amides is 1. The van der Waals surface area contributed by atoms with E-state index < -0.39 is 0 Å². The number of anilines is 1. The van der Waals surface area contributed by atoms with E-state index in [9.17, 15) is 4.79 Å². The van der Waals surface area contributed by atoms with Crippen LogP contribution < -0.4 is 4.90 Å². The predicted octanol–water partition coefficient (Wildman–Crippen LogP) is 2.63. The second kappa shape index (κ2) is 7.97. The van der Waals surface area contributed by atoms with Crippen molar-refractivity contribution in [2.24, 2.45) is 0 Å². The smallest absolute Gasteiger partial charge is 0.254 e. The number of piperidine rings is 1. The van der Waals surface area contributed by atoms with Gasteiger partial charge in [-0.1, -0.05) is 12.8 Å². The number of pyridine rings is 1. The standard InChI is InChI=1S/C19H30N4O/c1-21(2)19(24)16-9-10-18(20-14-16)23-13-7-8-17(15-23)22-11-5-3-4-6-12-22/h9-10,14,17H,3-8,11-13,15H2,1-2H3. The second-order valence-electron chi connectivity index (χ2n) is 7.30. The predicted molar refractivity (Wildman–Crippen MR) is 97.5 cm³/mol. The number of rotatable bonds is 3. The third-order valence-corrected chi connectivity index (χ3v) is 5.28. The van der Waals surface area contributed by atoms with Crippen LogP contribution in [0.1, 0.15) is 48.9 Å². The van der Waals surface area contributed by atoms with Gasteiger partial charge in [-0.15, -0.1) is 0 Å². The molecule has 24 heavy (non-hydrogen) atoms. The lowest BCUT2D eigenvalue weighted by Gasteiger charge is -2.39. The molecule has 3 rings (SSSR count). The minimum atomic E-state index is 0.00939. The molecule has 1 aromatic heterocycles. The Labute approximate surface area is 145 Å². The summed E-state index contributed by atoms with van der Waals surface area (Å²) < 4.78 is 0. The van der Waals surface area contributed by atoms with E-state index in [-0.39, 0.29) is 5.91 Å². The van der Waals surface area contributed by atoms with Crippen molar-refractivity contribution in [1.29, 1.82) is 0 Å². The van der Waals surface area contributed by atoms with Gasteiger partial charge in [0, 0.05) is 39.4 Å². The number of nitrogens with zero attached hydrogens (tertiary/aromatic N) is 4. The van der Waals surface area contributed by atoms with Crippen molar-refractivity contribution < 1.29 is 4.79 Å². The molecule has 1 amide bonds. The first-order valence-electron chi connectivity index (χ1n) is 9.32. The maximum Gasteiger partial charge on any atom is 0.254 e. The van der Waals surface area contributed by atoms with Crippen LogP contribution in [0.15, 0.2) is 18.3 Å². The number of aromatic nitrogens is 1. The van der Waals surface area contributed by atoms with E-state index in [0.717, 1.165) is 18.9 Å². The van der Waals surface area contributed by atoms with Crippen molar-refractivity contribution in [3.05, 3.63) is 23.9 Å². The fourth-order valence-corrected chi connectivity index (χ4v) is 3.88. The summed E-state index contributed by atoms with van der Waals surface area (Å²) in [5.41, 5.74) is 0.657. The summed E-state index contributed by atoms with van der Waals surface area (Å²) in [6, 6.07) is 4.56. The Hall–Kier alpha value is -1.62. The first kappa shape index (κ1) is 17.2. The number of hydrogen-bond acceptors (Lipinski definition) is 4. The molecule has 1 aromatic rings. The van der Waals surface area contributed by atoms with Crippen molar-refractivity contribution in [3.63, 3.8) is 0 Å². The van der Waals surface area contributed by atoms with Gasteiger partial charge in [0.1, 0.15) is 5.82 Å². The fraction of sp³-hybridized carbons (Fsp3) is 0.684. The van der Waals surface area contributed by atoms with Gasteiger partial charge in [0.25, 0.3) is 5.91 Å². The van der Waals surface area contributed by atoms with Crippen molar-refractivity contribution in [3.8, 4) is 0 Å². The van der Waals surface area contributed by atoms with Crippen LogP contribution in [-0.2, 0) is 0 Å². The lowest BCUT2D eigenvalue weighted by molar-refractivity contribution is 0.0827. The molecule has 0 spiro atoms. The average Bonchev–Trinajstić information content (AvgIpc) is 2.91. The van der Waals surface area contributed by atoms with Crippen molar-refractivity contribution in [2.75, 3.05) is 45.2 Å². The van der Waals surface area contributed by atoms with E-state index >= 15 is 0 Å². The second-order valence-corrected chi connectivity index (χ2v) is 7.30. The third kappa shape index (κ3) is 4.07. The van der Waals surface area contributed by atoms with Crippen molar-refractivity contribution in [2.45, 2.75) is 44.6 Å². The van der Waals surface area contributed by atoms with E-state index in [1.807, 2.05) is 12.1 Å². The van der Waals surface area contributed by atoms with Crippen molar-refractivity contribution in [1.82, 2.24) is 14.8 Å². The summed E-state index contributed by atoms with van der Waals surface area (Å²) in [7, 11) is 3.54. The van der Waals surface area contributed by atoms with Crippen LogP contribution >= 0.6 is 0 Å². The monoisotopic (exact) mass is 330 g/mol. The molecule has 1 atom stereocenters. The van der Waals surface area contributed by atoms with Gasteiger partial charge < -0.3 is 9.80 Å². The van der Waals surface area contributed by atoms with Gasteiger partial charge >= 0.3 is 0 Å². The summed E-state index contributed by atoms with van der Waals surface area (Å²) in [6.07, 6.45) is 9.69. The Balaban J connectivity index is 1.64. The van der Waals surface area contributed by atoms with Gasteiger partial charge in [-0.3, -0.25) is 9.69 Å². The Kier molecular flexibility index (Phi) is 5.72. The maximum absolute atomic E-state index is 12.0. The lowest BCUT2D eigenvalue weighted by Crippen LogP contribution is -2.48. The van der Waals surface area contributed by atoms with Crippen LogP contribution in [0, 0.1) is 0 Å². The summed E-state index contributed by atoms with van der Waals surface area (Å²) >= 11 is 0. The maximum atomic E-state index is 12.0. The average molecular weight is 330 g/mol. The molecule has 0 radical (unpaired) electrons. The molecule has 2 aliphatic rings. The lowest BCUT2D eigenvalue weighted by atomic mass is 10.0. The van der Waals surface area contributed by atoms with Gasteiger partial charge in [-0.25, -0.2) is 4.98 Å². The van der Waals surface area contributed by atoms with Gasteiger partial charge in [0.05, 0.1) is 5.56 Å². The highest BCUT2D eigenvalue weighted by molar-refractivity contribution is 5.93. The van der Waals surface area contributed by atoms with Gasteiger partial charge in [-0.2, -0.15) is 0 Å². The fourth-order valence-electron chi connectivity index (χ4n) is 3.88. The summed E-state index contributed by atoms with van der Waals surface area (Å²) in [5.74, 6) is 1.01. The van der Waals surface area contributed by atoms with E-state index in [1.54, 1.807) is 25.2 Å². The van der Waals surface area contributed by atoms with E-state index in [2.05, 4.69) is 14.8 Å². The molecule has 0 saturated carbocycles. The highest BCUT2D eigenvalue weighted by Crippen LogP contribution is 2.23. The van der Waals surface area contributed by atoms with Crippen molar-refractivity contribution >= 4 is 11.7 Å². The zero-order valence-electron chi connectivity index (χ0n) is 15.1. The first-order valence-corrected chi connectivity index (χ1v) is 9.32. The molecule has 5 heteroatoms. The third-order valence-electron chi connectivity index (χ3n) is 5.28.